The first-order valence-corrected chi connectivity index (χ1v) is 5.93. The molecule has 0 aliphatic rings. The first-order valence-electron chi connectivity index (χ1n) is 5.93. The molecule has 0 spiro atoms. The predicted octanol–water partition coefficient (Wildman–Crippen LogP) is 2.04. The van der Waals surface area contributed by atoms with Crippen molar-refractivity contribution in [3.05, 3.63) is 30.3 Å². The van der Waals surface area contributed by atoms with Gasteiger partial charge in [0.25, 0.3) is 0 Å². The quantitative estimate of drug-likeness (QED) is 0.890. The Morgan fingerprint density at radius 3 is 2.39 bits per heavy atom. The van der Waals surface area contributed by atoms with Crippen LogP contribution in [0.2, 0.25) is 0 Å². The van der Waals surface area contributed by atoms with E-state index in [0.717, 1.165) is 12.1 Å². The zero-order valence-electron chi connectivity index (χ0n) is 10.9. The van der Waals surface area contributed by atoms with Crippen LogP contribution in [0.5, 0.6) is 0 Å². The van der Waals surface area contributed by atoms with Gasteiger partial charge in [0, 0.05) is 26.2 Å². The van der Waals surface area contributed by atoms with Crippen molar-refractivity contribution in [2.24, 2.45) is 0 Å². The van der Waals surface area contributed by atoms with Crippen LogP contribution in [0.4, 0.5) is 11.9 Å². The lowest BCUT2D eigenvalue weighted by Crippen LogP contribution is -2.15. The molecule has 1 N–H and O–H groups in total. The molecule has 0 saturated heterocycles. The van der Waals surface area contributed by atoms with Crippen molar-refractivity contribution in [3.8, 4) is 11.4 Å². The Balaban J connectivity index is 2.46. The molecule has 0 aliphatic carbocycles. The molecule has 0 unspecified atom stereocenters. The first-order chi connectivity index (χ1) is 8.70. The van der Waals surface area contributed by atoms with Crippen molar-refractivity contribution in [1.29, 1.82) is 0 Å². The Bertz CT molecular complexity index is 510. The van der Waals surface area contributed by atoms with Gasteiger partial charge in [-0.15, -0.1) is 0 Å². The van der Waals surface area contributed by atoms with E-state index in [0.29, 0.717) is 17.7 Å². The fraction of sp³-hybridized carbons (Fsp3) is 0.308. The first kappa shape index (κ1) is 12.3. The van der Waals surface area contributed by atoms with Crippen molar-refractivity contribution in [2.75, 3.05) is 30.9 Å². The molecule has 0 amide bonds. The summed E-state index contributed by atoms with van der Waals surface area (Å²) in [5.41, 5.74) is 0.988. The summed E-state index contributed by atoms with van der Waals surface area (Å²) in [6, 6.07) is 9.90. The van der Waals surface area contributed by atoms with Crippen LogP contribution < -0.4 is 10.2 Å². The molecular weight excluding hydrogens is 226 g/mol. The lowest BCUT2D eigenvalue weighted by atomic mass is 10.2. The van der Waals surface area contributed by atoms with E-state index >= 15 is 0 Å². The molecule has 94 valence electrons. The predicted molar refractivity (Wildman–Crippen MR) is 73.8 cm³/mol. The van der Waals surface area contributed by atoms with Crippen LogP contribution in [0.1, 0.15) is 6.92 Å². The molecule has 1 aromatic heterocycles. The zero-order chi connectivity index (χ0) is 13.0. The minimum Gasteiger partial charge on any atom is -0.354 e. The van der Waals surface area contributed by atoms with Crippen molar-refractivity contribution in [1.82, 2.24) is 15.0 Å². The maximum atomic E-state index is 4.45. The van der Waals surface area contributed by atoms with Gasteiger partial charge in [-0.3, -0.25) is 0 Å². The number of rotatable bonds is 4. The molecule has 0 atom stereocenters. The number of nitrogens with zero attached hydrogens (tertiary/aromatic N) is 4. The van der Waals surface area contributed by atoms with E-state index < -0.39 is 0 Å². The minimum atomic E-state index is 0.607. The van der Waals surface area contributed by atoms with Crippen LogP contribution in [-0.2, 0) is 0 Å². The lowest BCUT2D eigenvalue weighted by Gasteiger charge is -2.13. The standard InChI is InChI=1S/C13H17N5/c1-4-14-12-15-11(10-8-6-5-7-9-10)16-13(17-12)18(2)3/h5-9H,4H2,1-3H3,(H,14,15,16,17). The summed E-state index contributed by atoms with van der Waals surface area (Å²) in [5.74, 6) is 1.94. The van der Waals surface area contributed by atoms with Gasteiger partial charge in [-0.2, -0.15) is 15.0 Å². The minimum absolute atomic E-state index is 0.607. The van der Waals surface area contributed by atoms with Crippen LogP contribution in [0, 0.1) is 0 Å². The molecular formula is C13H17N5. The highest BCUT2D eigenvalue weighted by Crippen LogP contribution is 2.18. The molecule has 2 rings (SSSR count). The highest BCUT2D eigenvalue weighted by Gasteiger charge is 2.08. The average Bonchev–Trinajstić information content (AvgIpc) is 2.40. The SMILES string of the molecule is CCNc1nc(-c2ccccc2)nc(N(C)C)n1. The largest absolute Gasteiger partial charge is 0.354 e. The van der Waals surface area contributed by atoms with Crippen LogP contribution in [-0.4, -0.2) is 35.6 Å². The molecule has 0 bridgehead atoms. The van der Waals surface area contributed by atoms with Gasteiger partial charge in [0.1, 0.15) is 0 Å². The third-order valence-corrected chi connectivity index (χ3v) is 2.39. The number of anilines is 2. The normalized spacial score (nSPS) is 10.2. The van der Waals surface area contributed by atoms with E-state index in [4.69, 9.17) is 0 Å². The van der Waals surface area contributed by atoms with Gasteiger partial charge in [-0.05, 0) is 6.92 Å². The number of benzene rings is 1. The van der Waals surface area contributed by atoms with Crippen molar-refractivity contribution in [3.63, 3.8) is 0 Å². The second-order valence-corrected chi connectivity index (χ2v) is 4.07. The van der Waals surface area contributed by atoms with Gasteiger partial charge in [0.15, 0.2) is 5.82 Å². The summed E-state index contributed by atoms with van der Waals surface area (Å²) >= 11 is 0. The van der Waals surface area contributed by atoms with Crippen LogP contribution in [0.3, 0.4) is 0 Å². The number of nitrogens with one attached hydrogen (secondary N) is 1. The summed E-state index contributed by atoms with van der Waals surface area (Å²) in [6.45, 7) is 2.80. The molecule has 0 saturated carbocycles. The number of aromatic nitrogens is 3. The van der Waals surface area contributed by atoms with Gasteiger partial charge >= 0.3 is 0 Å². The van der Waals surface area contributed by atoms with Gasteiger partial charge in [0.05, 0.1) is 0 Å². The molecule has 0 aliphatic heterocycles. The van der Waals surface area contributed by atoms with E-state index in [2.05, 4.69) is 20.3 Å². The number of hydrogen-bond acceptors (Lipinski definition) is 5. The summed E-state index contributed by atoms with van der Waals surface area (Å²) in [4.78, 5) is 15.1. The zero-order valence-corrected chi connectivity index (χ0v) is 10.9. The molecule has 5 heteroatoms. The van der Waals surface area contributed by atoms with Crippen molar-refractivity contribution in [2.45, 2.75) is 6.92 Å². The van der Waals surface area contributed by atoms with Gasteiger partial charge in [-0.1, -0.05) is 30.3 Å². The highest BCUT2D eigenvalue weighted by molar-refractivity contribution is 5.57. The Kier molecular flexibility index (Phi) is 3.72. The maximum Gasteiger partial charge on any atom is 0.230 e. The second kappa shape index (κ2) is 5.44. The van der Waals surface area contributed by atoms with Gasteiger partial charge in [-0.25, -0.2) is 0 Å². The van der Waals surface area contributed by atoms with E-state index in [1.807, 2.05) is 56.3 Å². The molecule has 0 radical (unpaired) electrons. The smallest absolute Gasteiger partial charge is 0.230 e. The summed E-state index contributed by atoms with van der Waals surface area (Å²) in [7, 11) is 3.83. The fourth-order valence-corrected chi connectivity index (χ4v) is 1.52. The average molecular weight is 243 g/mol. The third-order valence-electron chi connectivity index (χ3n) is 2.39. The summed E-state index contributed by atoms with van der Waals surface area (Å²) < 4.78 is 0. The molecule has 18 heavy (non-hydrogen) atoms. The van der Waals surface area contributed by atoms with E-state index in [9.17, 15) is 0 Å². The number of hydrogen-bond donors (Lipinski definition) is 1. The third kappa shape index (κ3) is 2.74. The summed E-state index contributed by atoms with van der Waals surface area (Å²) in [6.07, 6.45) is 0. The van der Waals surface area contributed by atoms with Crippen LogP contribution in [0.15, 0.2) is 30.3 Å². The van der Waals surface area contributed by atoms with Crippen molar-refractivity contribution >= 4 is 11.9 Å². The Hall–Kier alpha value is -2.17. The van der Waals surface area contributed by atoms with Gasteiger partial charge < -0.3 is 10.2 Å². The maximum absolute atomic E-state index is 4.45. The van der Waals surface area contributed by atoms with Crippen LogP contribution >= 0.6 is 0 Å². The van der Waals surface area contributed by atoms with Crippen molar-refractivity contribution < 1.29 is 0 Å². The Morgan fingerprint density at radius 1 is 1.06 bits per heavy atom. The Labute approximate surface area is 107 Å². The van der Waals surface area contributed by atoms with E-state index in [1.165, 1.54) is 0 Å². The molecule has 1 heterocycles. The van der Waals surface area contributed by atoms with Crippen LogP contribution in [0.25, 0.3) is 11.4 Å². The summed E-state index contributed by atoms with van der Waals surface area (Å²) in [5, 5.41) is 3.12. The molecule has 1 aromatic carbocycles. The van der Waals surface area contributed by atoms with E-state index in [1.54, 1.807) is 0 Å². The molecule has 0 fully saturated rings. The Morgan fingerprint density at radius 2 is 1.78 bits per heavy atom. The topological polar surface area (TPSA) is 53.9 Å². The van der Waals surface area contributed by atoms with E-state index in [-0.39, 0.29) is 0 Å². The molecule has 5 nitrogen and oxygen atoms in total. The monoisotopic (exact) mass is 243 g/mol. The fourth-order valence-electron chi connectivity index (χ4n) is 1.52. The lowest BCUT2D eigenvalue weighted by molar-refractivity contribution is 0.953. The highest BCUT2D eigenvalue weighted by atomic mass is 15.3. The molecule has 2 aromatic rings. The van der Waals surface area contributed by atoms with Gasteiger partial charge in [0.2, 0.25) is 11.9 Å². The second-order valence-electron chi connectivity index (χ2n) is 4.07.